The van der Waals surface area contributed by atoms with E-state index < -0.39 is 51.0 Å². The number of nitrogens with one attached hydrogen (secondary N) is 1. The molecule has 1 atom stereocenters. The molecule has 0 spiro atoms. The van der Waals surface area contributed by atoms with Crippen LogP contribution in [0.5, 0.6) is 0 Å². The maximum Gasteiger partial charge on any atom is 0.334 e. The summed E-state index contributed by atoms with van der Waals surface area (Å²) in [5.74, 6) is -5.99. The molecule has 0 fully saturated rings. The molecule has 0 aromatic heterocycles. The highest BCUT2D eigenvalue weighted by molar-refractivity contribution is 7.89. The largest absolute Gasteiger partial charge is 0.479 e. The normalized spacial score (nSPS) is 13.2. The van der Waals surface area contributed by atoms with E-state index in [0.29, 0.717) is 0 Å². The number of aliphatic carboxylic acids is 1. The van der Waals surface area contributed by atoms with E-state index >= 15 is 0 Å². The fraction of sp³-hybridized carbons (Fsp3) is 0.300. The summed E-state index contributed by atoms with van der Waals surface area (Å²) in [6, 6.07) is 0.394. The quantitative estimate of drug-likeness (QED) is 0.797. The molecule has 0 aliphatic heterocycles. The number of carboxylic acids is 1. The number of sulfonamides is 1. The molecule has 0 saturated carbocycles. The Hall–Kier alpha value is -1.65. The minimum atomic E-state index is -4.69. The second-order valence-corrected chi connectivity index (χ2v) is 5.32. The molecule has 0 amide bonds. The Morgan fingerprint density at radius 1 is 1.35 bits per heavy atom. The Kier molecular flexibility index (Phi) is 5.09. The van der Waals surface area contributed by atoms with Gasteiger partial charge in [0.1, 0.15) is 17.5 Å². The summed E-state index contributed by atoms with van der Waals surface area (Å²) in [7, 11) is -3.67. The smallest absolute Gasteiger partial charge is 0.334 e. The van der Waals surface area contributed by atoms with Gasteiger partial charge in [-0.3, -0.25) is 0 Å². The number of hydrogen-bond acceptors (Lipinski definition) is 4. The average Bonchev–Trinajstić information content (AvgIpc) is 2.26. The van der Waals surface area contributed by atoms with Gasteiger partial charge in [0.2, 0.25) is 10.0 Å². The van der Waals surface area contributed by atoms with Crippen LogP contribution in [0.2, 0.25) is 0 Å². The van der Waals surface area contributed by atoms with E-state index in [-0.39, 0.29) is 12.1 Å². The zero-order valence-electron chi connectivity index (χ0n) is 10.1. The summed E-state index contributed by atoms with van der Waals surface area (Å²) in [6.07, 6.45) is -1.53. The summed E-state index contributed by atoms with van der Waals surface area (Å²) in [5, 5.41) is 8.63. The Balaban J connectivity index is 3.04. The van der Waals surface area contributed by atoms with E-state index in [1.165, 1.54) is 0 Å². The number of methoxy groups -OCH3 is 1. The lowest BCUT2D eigenvalue weighted by Gasteiger charge is -2.12. The third kappa shape index (κ3) is 3.68. The van der Waals surface area contributed by atoms with E-state index in [4.69, 9.17) is 5.11 Å². The van der Waals surface area contributed by atoms with Gasteiger partial charge in [0.25, 0.3) is 0 Å². The first kappa shape index (κ1) is 16.4. The van der Waals surface area contributed by atoms with Crippen molar-refractivity contribution in [1.29, 1.82) is 0 Å². The molecular formula is C10H10F3NO5S. The van der Waals surface area contributed by atoms with Crippen LogP contribution in [0.25, 0.3) is 0 Å². The fourth-order valence-corrected chi connectivity index (χ4v) is 2.46. The zero-order valence-corrected chi connectivity index (χ0v) is 10.9. The van der Waals surface area contributed by atoms with Gasteiger partial charge in [0.05, 0.1) is 0 Å². The predicted molar refractivity (Wildman–Crippen MR) is 59.9 cm³/mol. The molecule has 1 unspecified atom stereocenters. The van der Waals surface area contributed by atoms with Gasteiger partial charge in [-0.1, -0.05) is 0 Å². The molecular weight excluding hydrogens is 303 g/mol. The number of benzene rings is 1. The molecule has 1 aromatic carbocycles. The first-order chi connectivity index (χ1) is 9.19. The van der Waals surface area contributed by atoms with Gasteiger partial charge >= 0.3 is 5.97 Å². The van der Waals surface area contributed by atoms with Crippen LogP contribution < -0.4 is 4.72 Å². The number of ether oxygens (including phenoxy) is 1. The van der Waals surface area contributed by atoms with Gasteiger partial charge in [-0.25, -0.2) is 31.1 Å². The highest BCUT2D eigenvalue weighted by Crippen LogP contribution is 2.19. The summed E-state index contributed by atoms with van der Waals surface area (Å²) in [5.41, 5.74) is 0. The third-order valence-corrected chi connectivity index (χ3v) is 3.72. The van der Waals surface area contributed by atoms with Crippen molar-refractivity contribution >= 4 is 16.0 Å². The van der Waals surface area contributed by atoms with Crippen LogP contribution in [0.3, 0.4) is 0 Å². The van der Waals surface area contributed by atoms with Gasteiger partial charge in [0.15, 0.2) is 11.0 Å². The molecule has 2 N–H and O–H groups in total. The molecule has 0 bridgehead atoms. The van der Waals surface area contributed by atoms with Crippen LogP contribution in [-0.4, -0.2) is 39.3 Å². The lowest BCUT2D eigenvalue weighted by atomic mass is 10.3. The van der Waals surface area contributed by atoms with E-state index in [2.05, 4.69) is 4.74 Å². The van der Waals surface area contributed by atoms with Crippen LogP contribution >= 0.6 is 0 Å². The van der Waals surface area contributed by atoms with Gasteiger partial charge in [-0.2, -0.15) is 0 Å². The highest BCUT2D eigenvalue weighted by atomic mass is 32.2. The third-order valence-electron chi connectivity index (χ3n) is 2.25. The molecule has 0 radical (unpaired) electrons. The Bertz CT molecular complexity index is 596. The predicted octanol–water partition coefficient (Wildman–Crippen LogP) is 0.482. The van der Waals surface area contributed by atoms with Crippen molar-refractivity contribution in [2.45, 2.75) is 11.0 Å². The van der Waals surface area contributed by atoms with Crippen molar-refractivity contribution in [1.82, 2.24) is 4.72 Å². The fourth-order valence-electron chi connectivity index (χ4n) is 1.31. The topological polar surface area (TPSA) is 92.7 Å². The lowest BCUT2D eigenvalue weighted by molar-refractivity contribution is -0.147. The number of carboxylic acid groups (broad SMARTS) is 1. The van der Waals surface area contributed by atoms with Crippen LogP contribution in [0.15, 0.2) is 17.0 Å². The number of rotatable bonds is 6. The molecule has 0 saturated heterocycles. The maximum atomic E-state index is 13.3. The second kappa shape index (κ2) is 6.20. The Morgan fingerprint density at radius 3 is 2.25 bits per heavy atom. The van der Waals surface area contributed by atoms with E-state index in [1.54, 1.807) is 4.72 Å². The molecule has 112 valence electrons. The van der Waals surface area contributed by atoms with Crippen molar-refractivity contribution in [3.8, 4) is 0 Å². The summed E-state index contributed by atoms with van der Waals surface area (Å²) in [4.78, 5) is 9.22. The zero-order chi connectivity index (χ0) is 15.5. The van der Waals surface area contributed by atoms with Crippen molar-refractivity contribution in [3.63, 3.8) is 0 Å². The van der Waals surface area contributed by atoms with E-state index in [0.717, 1.165) is 7.11 Å². The van der Waals surface area contributed by atoms with Gasteiger partial charge in [0, 0.05) is 25.8 Å². The van der Waals surface area contributed by atoms with Crippen LogP contribution in [0.4, 0.5) is 13.2 Å². The molecule has 10 heteroatoms. The van der Waals surface area contributed by atoms with Crippen molar-refractivity contribution in [2.24, 2.45) is 0 Å². The first-order valence-corrected chi connectivity index (χ1v) is 6.57. The minimum Gasteiger partial charge on any atom is -0.479 e. The summed E-state index contributed by atoms with van der Waals surface area (Å²) in [6.45, 7) is -0.746. The SMILES string of the molecule is COC(CNS(=O)(=O)c1c(F)cc(F)cc1F)C(=O)O. The molecule has 1 aromatic rings. The van der Waals surface area contributed by atoms with Gasteiger partial charge in [-0.05, 0) is 0 Å². The van der Waals surface area contributed by atoms with E-state index in [1.807, 2.05) is 0 Å². The molecule has 0 heterocycles. The molecule has 0 aliphatic carbocycles. The van der Waals surface area contributed by atoms with Gasteiger partial charge < -0.3 is 9.84 Å². The second-order valence-electron chi connectivity index (χ2n) is 3.61. The van der Waals surface area contributed by atoms with Gasteiger partial charge in [-0.15, -0.1) is 0 Å². The number of halogens is 3. The lowest BCUT2D eigenvalue weighted by Crippen LogP contribution is -2.38. The summed E-state index contributed by atoms with van der Waals surface area (Å²) < 4.78 is 68.8. The Labute approximate surface area is 112 Å². The van der Waals surface area contributed by atoms with Crippen LogP contribution in [0, 0.1) is 17.5 Å². The Morgan fingerprint density at radius 2 is 1.85 bits per heavy atom. The first-order valence-electron chi connectivity index (χ1n) is 5.09. The molecule has 6 nitrogen and oxygen atoms in total. The monoisotopic (exact) mass is 313 g/mol. The van der Waals surface area contributed by atoms with Crippen molar-refractivity contribution in [3.05, 3.63) is 29.6 Å². The van der Waals surface area contributed by atoms with E-state index in [9.17, 15) is 26.4 Å². The van der Waals surface area contributed by atoms with Crippen LogP contribution in [0.1, 0.15) is 0 Å². The number of hydrogen-bond donors (Lipinski definition) is 2. The minimum absolute atomic E-state index is 0.197. The molecule has 0 aliphatic rings. The van der Waals surface area contributed by atoms with Crippen molar-refractivity contribution in [2.75, 3.05) is 13.7 Å². The maximum absolute atomic E-state index is 13.3. The highest BCUT2D eigenvalue weighted by Gasteiger charge is 2.27. The molecule has 1 rings (SSSR count). The van der Waals surface area contributed by atoms with Crippen molar-refractivity contribution < 1.29 is 36.2 Å². The van der Waals surface area contributed by atoms with Crippen LogP contribution in [-0.2, 0) is 19.6 Å². The average molecular weight is 313 g/mol. The number of carbonyl (C=O) groups is 1. The summed E-state index contributed by atoms with van der Waals surface area (Å²) >= 11 is 0. The standard InChI is InChI=1S/C10H10F3NO5S/c1-19-8(10(15)16)4-14-20(17,18)9-6(12)2-5(11)3-7(9)13/h2-3,8,14H,4H2,1H3,(H,15,16). The molecule has 20 heavy (non-hydrogen) atoms.